The van der Waals surface area contributed by atoms with E-state index in [-0.39, 0.29) is 11.3 Å². The molecule has 1 heterocycles. The van der Waals surface area contributed by atoms with Gasteiger partial charge in [-0.15, -0.1) is 13.2 Å². The van der Waals surface area contributed by atoms with E-state index in [4.69, 9.17) is 0 Å². The van der Waals surface area contributed by atoms with E-state index < -0.39 is 12.0 Å². The number of hydrogen-bond acceptors (Lipinski definition) is 4. The highest BCUT2D eigenvalue weighted by Crippen LogP contribution is 2.57. The molecular formula is C23H31F3N2O2. The Labute approximate surface area is 176 Å². The van der Waals surface area contributed by atoms with Crippen LogP contribution in [0.4, 0.5) is 13.2 Å². The van der Waals surface area contributed by atoms with Crippen molar-refractivity contribution in [1.29, 1.82) is 0 Å². The Kier molecular flexibility index (Phi) is 4.70. The van der Waals surface area contributed by atoms with Gasteiger partial charge in [-0.3, -0.25) is 9.80 Å². The van der Waals surface area contributed by atoms with E-state index in [9.17, 15) is 18.3 Å². The molecule has 0 spiro atoms. The molecule has 2 atom stereocenters. The molecule has 4 saturated carbocycles. The average molecular weight is 425 g/mol. The smallest absolute Gasteiger partial charge is 0.406 e. The van der Waals surface area contributed by atoms with Crippen LogP contribution in [0.3, 0.4) is 0 Å². The number of rotatable bonds is 4. The molecule has 1 aliphatic heterocycles. The Morgan fingerprint density at radius 3 is 2.27 bits per heavy atom. The zero-order valence-electron chi connectivity index (χ0n) is 17.7. The molecule has 5 fully saturated rings. The van der Waals surface area contributed by atoms with Crippen molar-refractivity contribution in [3.8, 4) is 5.75 Å². The first kappa shape index (κ1) is 20.6. The molecule has 1 aromatic rings. The third-order valence-electron chi connectivity index (χ3n) is 7.94. The minimum atomic E-state index is -4.66. The summed E-state index contributed by atoms with van der Waals surface area (Å²) >= 11 is 0. The van der Waals surface area contributed by atoms with Crippen LogP contribution in [0.15, 0.2) is 24.3 Å². The summed E-state index contributed by atoms with van der Waals surface area (Å²) < 4.78 is 41.1. The standard InChI is InChI=1S/C23H31F3N2O2/c1-21(2)13-27(20-17-7-16-8-18(20)11-22(29,9-16)10-17)14-28(21)12-15-3-5-19(6-4-15)30-23(24,25)26/h3-6,16-18,20,29H,7-14H2,1-2H3. The summed E-state index contributed by atoms with van der Waals surface area (Å²) in [6.45, 7) is 7.05. The van der Waals surface area contributed by atoms with E-state index in [1.54, 1.807) is 12.1 Å². The lowest BCUT2D eigenvalue weighted by atomic mass is 9.52. The Morgan fingerprint density at radius 2 is 1.70 bits per heavy atom. The van der Waals surface area contributed by atoms with Crippen molar-refractivity contribution in [1.82, 2.24) is 9.80 Å². The minimum Gasteiger partial charge on any atom is -0.406 e. The van der Waals surface area contributed by atoms with Crippen LogP contribution >= 0.6 is 0 Å². The van der Waals surface area contributed by atoms with Crippen LogP contribution in [-0.2, 0) is 6.54 Å². The van der Waals surface area contributed by atoms with Gasteiger partial charge >= 0.3 is 6.36 Å². The second-order valence-corrected chi connectivity index (χ2v) is 10.8. The maximum atomic E-state index is 12.4. The summed E-state index contributed by atoms with van der Waals surface area (Å²) in [5.74, 6) is 1.71. The van der Waals surface area contributed by atoms with Crippen LogP contribution in [0, 0.1) is 17.8 Å². The van der Waals surface area contributed by atoms with Crippen molar-refractivity contribution < 1.29 is 23.0 Å². The number of halogens is 3. The fourth-order valence-electron chi connectivity index (χ4n) is 7.09. The van der Waals surface area contributed by atoms with Crippen molar-refractivity contribution in [3.63, 3.8) is 0 Å². The third kappa shape index (κ3) is 3.84. The predicted octanol–water partition coefficient (Wildman–Crippen LogP) is 4.38. The maximum Gasteiger partial charge on any atom is 0.573 e. The number of hydrogen-bond donors (Lipinski definition) is 1. The SMILES string of the molecule is CC1(C)CN(C2C3CC4CC2CC(O)(C4)C3)CN1Cc1ccc(OC(F)(F)F)cc1. The summed E-state index contributed by atoms with van der Waals surface area (Å²) in [5.41, 5.74) is 0.563. The summed E-state index contributed by atoms with van der Waals surface area (Å²) in [5, 5.41) is 10.9. The zero-order valence-corrected chi connectivity index (χ0v) is 17.7. The van der Waals surface area contributed by atoms with Gasteiger partial charge in [0, 0.05) is 24.7 Å². The lowest BCUT2D eigenvalue weighted by molar-refractivity contribution is -0.274. The van der Waals surface area contributed by atoms with E-state index in [0.717, 1.165) is 38.0 Å². The highest BCUT2D eigenvalue weighted by molar-refractivity contribution is 5.27. The molecule has 30 heavy (non-hydrogen) atoms. The van der Waals surface area contributed by atoms with Crippen molar-refractivity contribution in [2.24, 2.45) is 17.8 Å². The molecule has 6 rings (SSSR count). The first-order valence-electron chi connectivity index (χ1n) is 11.1. The average Bonchev–Trinajstić information content (AvgIpc) is 2.87. The monoisotopic (exact) mass is 424 g/mol. The fourth-order valence-corrected chi connectivity index (χ4v) is 7.09. The first-order chi connectivity index (χ1) is 14.0. The Morgan fingerprint density at radius 1 is 1.07 bits per heavy atom. The molecule has 0 radical (unpaired) electrons. The third-order valence-corrected chi connectivity index (χ3v) is 7.94. The van der Waals surface area contributed by atoms with Gasteiger partial charge in [0.15, 0.2) is 0 Å². The van der Waals surface area contributed by atoms with Gasteiger partial charge < -0.3 is 9.84 Å². The molecule has 0 aromatic heterocycles. The number of aliphatic hydroxyl groups is 1. The molecule has 1 saturated heterocycles. The van der Waals surface area contributed by atoms with E-state index >= 15 is 0 Å². The van der Waals surface area contributed by atoms with Crippen LogP contribution < -0.4 is 4.74 Å². The van der Waals surface area contributed by atoms with Crippen LogP contribution in [0.2, 0.25) is 0 Å². The van der Waals surface area contributed by atoms with Crippen molar-refractivity contribution in [3.05, 3.63) is 29.8 Å². The highest BCUT2D eigenvalue weighted by Gasteiger charge is 2.57. The van der Waals surface area contributed by atoms with Crippen LogP contribution in [0.5, 0.6) is 5.75 Å². The molecule has 4 bridgehead atoms. The number of ether oxygens (including phenoxy) is 1. The second kappa shape index (κ2) is 6.84. The van der Waals surface area contributed by atoms with E-state index in [2.05, 4.69) is 28.4 Å². The van der Waals surface area contributed by atoms with Gasteiger partial charge in [-0.1, -0.05) is 12.1 Å². The molecule has 7 heteroatoms. The van der Waals surface area contributed by atoms with Crippen molar-refractivity contribution in [2.45, 2.75) is 76.0 Å². The van der Waals surface area contributed by atoms with Gasteiger partial charge in [-0.25, -0.2) is 0 Å². The highest BCUT2D eigenvalue weighted by atomic mass is 19.4. The maximum absolute atomic E-state index is 12.4. The topological polar surface area (TPSA) is 35.9 Å². The molecule has 2 unspecified atom stereocenters. The fraction of sp³-hybridized carbons (Fsp3) is 0.739. The van der Waals surface area contributed by atoms with Gasteiger partial charge in [-0.05, 0) is 81.4 Å². The number of nitrogens with zero attached hydrogens (tertiary/aromatic N) is 2. The van der Waals surface area contributed by atoms with Crippen LogP contribution in [-0.4, -0.2) is 51.7 Å². The van der Waals surface area contributed by atoms with E-state index in [1.165, 1.54) is 25.0 Å². The van der Waals surface area contributed by atoms with Gasteiger partial charge in [0.1, 0.15) is 5.75 Å². The summed E-state index contributed by atoms with van der Waals surface area (Å²) in [6, 6.07) is 6.77. The van der Waals surface area contributed by atoms with Gasteiger partial charge in [0.2, 0.25) is 0 Å². The van der Waals surface area contributed by atoms with E-state index in [1.807, 2.05) is 0 Å². The number of benzene rings is 1. The molecule has 4 nitrogen and oxygen atoms in total. The summed E-state index contributed by atoms with van der Waals surface area (Å²) in [7, 11) is 0. The molecule has 5 aliphatic rings. The normalized spacial score (nSPS) is 38.3. The van der Waals surface area contributed by atoms with Crippen molar-refractivity contribution in [2.75, 3.05) is 13.2 Å². The molecular weight excluding hydrogens is 393 g/mol. The largest absolute Gasteiger partial charge is 0.573 e. The Hall–Kier alpha value is -1.31. The number of alkyl halides is 3. The Balaban J connectivity index is 1.27. The predicted molar refractivity (Wildman–Crippen MR) is 107 cm³/mol. The molecule has 166 valence electrons. The quantitative estimate of drug-likeness (QED) is 0.778. The van der Waals surface area contributed by atoms with Gasteiger partial charge in [0.05, 0.1) is 12.3 Å². The summed E-state index contributed by atoms with van der Waals surface area (Å²) in [4.78, 5) is 5.05. The lowest BCUT2D eigenvalue weighted by Crippen LogP contribution is -2.61. The van der Waals surface area contributed by atoms with Crippen LogP contribution in [0.25, 0.3) is 0 Å². The van der Waals surface area contributed by atoms with Gasteiger partial charge in [0.25, 0.3) is 0 Å². The molecule has 1 N–H and O–H groups in total. The van der Waals surface area contributed by atoms with E-state index in [0.29, 0.717) is 30.3 Å². The lowest BCUT2D eigenvalue weighted by Gasteiger charge is -2.60. The second-order valence-electron chi connectivity index (χ2n) is 10.8. The zero-order chi connectivity index (χ0) is 21.3. The minimum absolute atomic E-state index is 0.00724. The first-order valence-corrected chi connectivity index (χ1v) is 11.1. The molecule has 0 amide bonds. The van der Waals surface area contributed by atoms with Crippen molar-refractivity contribution >= 4 is 0 Å². The summed E-state index contributed by atoms with van der Waals surface area (Å²) in [6.07, 6.45) is 0.732. The van der Waals surface area contributed by atoms with Gasteiger partial charge in [-0.2, -0.15) is 0 Å². The molecule has 4 aliphatic carbocycles. The molecule has 1 aromatic carbocycles. The van der Waals surface area contributed by atoms with Crippen LogP contribution in [0.1, 0.15) is 51.5 Å². The Bertz CT molecular complexity index is 779.